The smallest absolute Gasteiger partial charge is 0.177 e. The van der Waals surface area contributed by atoms with Crippen LogP contribution in [-0.2, 0) is 9.47 Å². The fraction of sp³-hybridized carbons (Fsp3) is 0.417. The van der Waals surface area contributed by atoms with E-state index in [0.29, 0.717) is 0 Å². The molecule has 1 saturated heterocycles. The largest absolute Gasteiger partial charge is 0.339 e. The number of hydrogen-bond acceptors (Lipinski definition) is 3. The molecule has 0 radical (unpaired) electrons. The molecule has 0 saturated carbocycles. The van der Waals surface area contributed by atoms with Gasteiger partial charge in [-0.05, 0) is 19.4 Å². The van der Waals surface area contributed by atoms with Crippen LogP contribution >= 0.6 is 0 Å². The summed E-state index contributed by atoms with van der Waals surface area (Å²) >= 11 is 0. The van der Waals surface area contributed by atoms with Crippen LogP contribution in [0.4, 0.5) is 0 Å². The molecule has 1 heterocycles. The fourth-order valence-corrected chi connectivity index (χ4v) is 1.74. The predicted octanol–water partition coefficient (Wildman–Crippen LogP) is 2.40. The molecule has 0 aliphatic carbocycles. The Hall–Kier alpha value is -1.37. The van der Waals surface area contributed by atoms with Gasteiger partial charge in [0.25, 0.3) is 0 Å². The van der Waals surface area contributed by atoms with Crippen molar-refractivity contribution in [3.05, 3.63) is 35.9 Å². The zero-order chi connectivity index (χ0) is 10.9. The van der Waals surface area contributed by atoms with Gasteiger partial charge in [-0.1, -0.05) is 30.3 Å². The zero-order valence-electron chi connectivity index (χ0n) is 8.81. The Morgan fingerprint density at radius 3 is 2.47 bits per heavy atom. The van der Waals surface area contributed by atoms with Crippen molar-refractivity contribution >= 4 is 0 Å². The molecule has 2 rings (SSSR count). The molecule has 0 bridgehead atoms. The molecule has 3 heteroatoms. The lowest BCUT2D eigenvalue weighted by Crippen LogP contribution is -2.20. The van der Waals surface area contributed by atoms with E-state index < -0.39 is 11.9 Å². The van der Waals surface area contributed by atoms with Gasteiger partial charge in [-0.3, -0.25) is 0 Å². The van der Waals surface area contributed by atoms with Crippen LogP contribution in [-0.4, -0.2) is 11.9 Å². The van der Waals surface area contributed by atoms with Crippen molar-refractivity contribution in [3.8, 4) is 6.07 Å². The maximum atomic E-state index is 8.97. The van der Waals surface area contributed by atoms with E-state index in [1.807, 2.05) is 44.2 Å². The Balaban J connectivity index is 2.27. The molecule has 78 valence electrons. The van der Waals surface area contributed by atoms with Crippen LogP contribution in [0.2, 0.25) is 0 Å². The molecular weight excluding hydrogens is 190 g/mol. The van der Waals surface area contributed by atoms with E-state index in [-0.39, 0.29) is 6.10 Å². The van der Waals surface area contributed by atoms with Crippen LogP contribution < -0.4 is 0 Å². The lowest BCUT2D eigenvalue weighted by Gasteiger charge is -2.16. The van der Waals surface area contributed by atoms with Crippen LogP contribution in [0.25, 0.3) is 0 Å². The average molecular weight is 203 g/mol. The maximum absolute atomic E-state index is 8.97. The van der Waals surface area contributed by atoms with E-state index in [4.69, 9.17) is 14.7 Å². The average Bonchev–Trinajstić information content (AvgIpc) is 2.55. The molecule has 0 amide bonds. The second-order valence-corrected chi connectivity index (χ2v) is 4.02. The van der Waals surface area contributed by atoms with E-state index in [0.717, 1.165) is 5.56 Å². The highest BCUT2D eigenvalue weighted by Gasteiger charge is 2.42. The SMILES string of the molecule is CC1(C)O[C@@H](C#N)[C@H](c2ccccc2)O1. The Bertz CT molecular complexity index is 380. The molecule has 3 nitrogen and oxygen atoms in total. The second-order valence-electron chi connectivity index (χ2n) is 4.02. The van der Waals surface area contributed by atoms with Crippen molar-refractivity contribution in [2.24, 2.45) is 0 Å². The predicted molar refractivity (Wildman–Crippen MR) is 54.8 cm³/mol. The lowest BCUT2D eigenvalue weighted by atomic mass is 10.1. The summed E-state index contributed by atoms with van der Waals surface area (Å²) < 4.78 is 11.2. The van der Waals surface area contributed by atoms with Gasteiger partial charge in [0.2, 0.25) is 0 Å². The monoisotopic (exact) mass is 203 g/mol. The third-order valence-corrected chi connectivity index (χ3v) is 2.35. The maximum Gasteiger partial charge on any atom is 0.177 e. The first kappa shape index (κ1) is 10.2. The molecule has 0 aromatic heterocycles. The first-order chi connectivity index (χ1) is 7.12. The normalized spacial score (nSPS) is 28.6. The molecule has 0 spiro atoms. The van der Waals surface area contributed by atoms with Gasteiger partial charge in [0.1, 0.15) is 6.10 Å². The summed E-state index contributed by atoms with van der Waals surface area (Å²) in [5.41, 5.74) is 0.981. The van der Waals surface area contributed by atoms with Gasteiger partial charge < -0.3 is 9.47 Å². The van der Waals surface area contributed by atoms with Crippen molar-refractivity contribution in [1.29, 1.82) is 5.26 Å². The summed E-state index contributed by atoms with van der Waals surface area (Å²) in [4.78, 5) is 0. The van der Waals surface area contributed by atoms with Crippen molar-refractivity contribution in [3.63, 3.8) is 0 Å². The van der Waals surface area contributed by atoms with Gasteiger partial charge in [-0.15, -0.1) is 0 Å². The number of hydrogen-bond donors (Lipinski definition) is 0. The van der Waals surface area contributed by atoms with Gasteiger partial charge in [0, 0.05) is 0 Å². The highest BCUT2D eigenvalue weighted by molar-refractivity contribution is 5.22. The minimum absolute atomic E-state index is 0.286. The lowest BCUT2D eigenvalue weighted by molar-refractivity contribution is -0.143. The van der Waals surface area contributed by atoms with Gasteiger partial charge >= 0.3 is 0 Å². The minimum atomic E-state index is -0.680. The Kier molecular flexibility index (Phi) is 2.47. The molecule has 15 heavy (non-hydrogen) atoms. The standard InChI is InChI=1S/C12H13NO2/c1-12(2)14-10(8-13)11(15-12)9-6-4-3-5-7-9/h3-7,10-11H,1-2H3/t10-,11-/m0/s1. The molecule has 1 aromatic carbocycles. The number of nitriles is 1. The summed E-state index contributed by atoms with van der Waals surface area (Å²) in [6, 6.07) is 11.8. The topological polar surface area (TPSA) is 42.2 Å². The van der Waals surface area contributed by atoms with Crippen molar-refractivity contribution in [2.45, 2.75) is 31.8 Å². The highest BCUT2D eigenvalue weighted by atomic mass is 16.7. The molecule has 0 unspecified atom stereocenters. The number of ether oxygens (including phenoxy) is 2. The molecular formula is C12H13NO2. The summed E-state index contributed by atoms with van der Waals surface area (Å²) in [7, 11) is 0. The number of nitrogens with zero attached hydrogens (tertiary/aromatic N) is 1. The van der Waals surface area contributed by atoms with Crippen LogP contribution in [0.1, 0.15) is 25.5 Å². The molecule has 2 atom stereocenters. The number of rotatable bonds is 1. The van der Waals surface area contributed by atoms with Crippen molar-refractivity contribution in [1.82, 2.24) is 0 Å². The quantitative estimate of drug-likeness (QED) is 0.703. The van der Waals surface area contributed by atoms with Gasteiger partial charge in [0.05, 0.1) is 6.07 Å². The van der Waals surface area contributed by atoms with Crippen molar-refractivity contribution in [2.75, 3.05) is 0 Å². The first-order valence-corrected chi connectivity index (χ1v) is 4.92. The molecule has 1 fully saturated rings. The third-order valence-electron chi connectivity index (χ3n) is 2.35. The van der Waals surface area contributed by atoms with Gasteiger partial charge in [-0.2, -0.15) is 5.26 Å². The van der Waals surface area contributed by atoms with Crippen LogP contribution in [0, 0.1) is 11.3 Å². The summed E-state index contributed by atoms with van der Waals surface area (Å²) in [6.07, 6.45) is -0.811. The third kappa shape index (κ3) is 2.01. The Morgan fingerprint density at radius 1 is 1.20 bits per heavy atom. The van der Waals surface area contributed by atoms with Crippen LogP contribution in [0.5, 0.6) is 0 Å². The van der Waals surface area contributed by atoms with E-state index in [1.54, 1.807) is 0 Å². The van der Waals surface area contributed by atoms with Crippen LogP contribution in [0.3, 0.4) is 0 Å². The fourth-order valence-electron chi connectivity index (χ4n) is 1.74. The second kappa shape index (κ2) is 3.65. The summed E-state index contributed by atoms with van der Waals surface area (Å²) in [5, 5.41) is 8.97. The van der Waals surface area contributed by atoms with Crippen molar-refractivity contribution < 1.29 is 9.47 Å². The summed E-state index contributed by atoms with van der Waals surface area (Å²) in [5.74, 6) is -0.680. The Morgan fingerprint density at radius 2 is 1.87 bits per heavy atom. The van der Waals surface area contributed by atoms with E-state index >= 15 is 0 Å². The van der Waals surface area contributed by atoms with E-state index in [1.165, 1.54) is 0 Å². The van der Waals surface area contributed by atoms with E-state index in [9.17, 15) is 0 Å². The summed E-state index contributed by atoms with van der Waals surface area (Å²) in [6.45, 7) is 3.64. The highest BCUT2D eigenvalue weighted by Crippen LogP contribution is 2.37. The van der Waals surface area contributed by atoms with Gasteiger partial charge in [0.15, 0.2) is 11.9 Å². The Labute approximate surface area is 89.2 Å². The van der Waals surface area contributed by atoms with E-state index in [2.05, 4.69) is 6.07 Å². The molecule has 1 aliphatic rings. The zero-order valence-corrected chi connectivity index (χ0v) is 8.81. The number of benzene rings is 1. The molecule has 1 aromatic rings. The molecule has 1 aliphatic heterocycles. The first-order valence-electron chi connectivity index (χ1n) is 4.92. The molecule has 0 N–H and O–H groups in total. The van der Waals surface area contributed by atoms with Crippen LogP contribution in [0.15, 0.2) is 30.3 Å². The minimum Gasteiger partial charge on any atom is -0.339 e. The van der Waals surface area contributed by atoms with Gasteiger partial charge in [-0.25, -0.2) is 0 Å².